The van der Waals surface area contributed by atoms with Crippen LogP contribution in [0.1, 0.15) is 39.5 Å². The molecule has 5 heteroatoms. The minimum Gasteiger partial charge on any atom is -0.490 e. The molecule has 0 atom stereocenters. The summed E-state index contributed by atoms with van der Waals surface area (Å²) in [6.07, 6.45) is 0. The molecule has 1 N–H and O–H groups in total. The summed E-state index contributed by atoms with van der Waals surface area (Å²) in [5.74, 6) is 0.621. The molecule has 0 fully saturated rings. The first-order valence-electron chi connectivity index (χ1n) is 9.90. The van der Waals surface area contributed by atoms with E-state index >= 15 is 0 Å². The van der Waals surface area contributed by atoms with Crippen LogP contribution in [0.4, 0.5) is 5.69 Å². The van der Waals surface area contributed by atoms with E-state index in [0.29, 0.717) is 35.3 Å². The highest BCUT2D eigenvalue weighted by Crippen LogP contribution is 2.37. The standard InChI is InChI=1S/C25H26ClNO3/c1-5-29-23-14-20(25(28)27-21-11-8-17(3)18(4)12-21)13-22(26)24(23)30-15-19-9-6-16(2)7-10-19/h6-14H,5,15H2,1-4H3,(H,27,28). The Bertz CT molecular complexity index is 1050. The van der Waals surface area contributed by atoms with Gasteiger partial charge in [-0.15, -0.1) is 0 Å². The number of halogens is 1. The van der Waals surface area contributed by atoms with Gasteiger partial charge < -0.3 is 14.8 Å². The number of ether oxygens (including phenoxy) is 2. The Morgan fingerprint density at radius 3 is 2.33 bits per heavy atom. The van der Waals surface area contributed by atoms with Gasteiger partial charge in [-0.1, -0.05) is 47.5 Å². The number of benzene rings is 3. The van der Waals surface area contributed by atoms with Crippen molar-refractivity contribution in [2.45, 2.75) is 34.3 Å². The normalized spacial score (nSPS) is 10.6. The molecule has 3 aromatic carbocycles. The second-order valence-corrected chi connectivity index (χ2v) is 7.65. The van der Waals surface area contributed by atoms with Crippen LogP contribution in [0.25, 0.3) is 0 Å². The van der Waals surface area contributed by atoms with Gasteiger partial charge in [0.25, 0.3) is 5.91 Å². The minimum atomic E-state index is -0.258. The molecule has 0 radical (unpaired) electrons. The maximum absolute atomic E-state index is 12.8. The fourth-order valence-electron chi connectivity index (χ4n) is 2.96. The van der Waals surface area contributed by atoms with E-state index in [-0.39, 0.29) is 5.91 Å². The molecule has 0 spiro atoms. The number of aryl methyl sites for hydroxylation is 3. The van der Waals surface area contributed by atoms with Crippen LogP contribution in [0.5, 0.6) is 11.5 Å². The third-order valence-corrected chi connectivity index (χ3v) is 5.12. The average Bonchev–Trinajstić information content (AvgIpc) is 2.71. The lowest BCUT2D eigenvalue weighted by Crippen LogP contribution is -2.13. The molecule has 1 amide bonds. The van der Waals surface area contributed by atoms with Gasteiger partial charge in [0.15, 0.2) is 11.5 Å². The molecule has 30 heavy (non-hydrogen) atoms. The van der Waals surface area contributed by atoms with Gasteiger partial charge in [0.1, 0.15) is 6.61 Å². The maximum atomic E-state index is 12.8. The van der Waals surface area contributed by atoms with Crippen LogP contribution in [0.2, 0.25) is 5.02 Å². The summed E-state index contributed by atoms with van der Waals surface area (Å²) < 4.78 is 11.7. The first-order chi connectivity index (χ1) is 14.4. The summed E-state index contributed by atoms with van der Waals surface area (Å²) in [4.78, 5) is 12.8. The molecule has 0 aliphatic carbocycles. The van der Waals surface area contributed by atoms with Crippen molar-refractivity contribution in [1.29, 1.82) is 0 Å². The predicted octanol–water partition coefficient (Wildman–Crippen LogP) is 6.50. The highest BCUT2D eigenvalue weighted by molar-refractivity contribution is 6.32. The number of amides is 1. The number of nitrogens with one attached hydrogen (secondary N) is 1. The average molecular weight is 424 g/mol. The van der Waals surface area contributed by atoms with Crippen molar-refractivity contribution in [3.8, 4) is 11.5 Å². The van der Waals surface area contributed by atoms with Crippen molar-refractivity contribution in [1.82, 2.24) is 0 Å². The molecule has 0 saturated carbocycles. The van der Waals surface area contributed by atoms with Gasteiger partial charge in [0.05, 0.1) is 11.6 Å². The SMILES string of the molecule is CCOc1cc(C(=O)Nc2ccc(C)c(C)c2)cc(Cl)c1OCc1ccc(C)cc1. The van der Waals surface area contributed by atoms with Gasteiger partial charge in [-0.3, -0.25) is 4.79 Å². The van der Waals surface area contributed by atoms with E-state index in [9.17, 15) is 4.79 Å². The summed E-state index contributed by atoms with van der Waals surface area (Å²) in [6, 6.07) is 17.1. The number of rotatable bonds is 7. The summed E-state index contributed by atoms with van der Waals surface area (Å²) >= 11 is 6.47. The zero-order valence-corrected chi connectivity index (χ0v) is 18.5. The zero-order chi connectivity index (χ0) is 21.7. The van der Waals surface area contributed by atoms with Crippen LogP contribution in [0.3, 0.4) is 0 Å². The van der Waals surface area contributed by atoms with Gasteiger partial charge >= 0.3 is 0 Å². The van der Waals surface area contributed by atoms with Gasteiger partial charge in [-0.25, -0.2) is 0 Å². The Kier molecular flexibility index (Phi) is 7.01. The summed E-state index contributed by atoms with van der Waals surface area (Å²) in [5.41, 5.74) is 5.63. The highest BCUT2D eigenvalue weighted by Gasteiger charge is 2.17. The van der Waals surface area contributed by atoms with Crippen LogP contribution in [-0.2, 0) is 6.61 Å². The second-order valence-electron chi connectivity index (χ2n) is 7.25. The molecule has 156 valence electrons. The van der Waals surface area contributed by atoms with E-state index in [1.54, 1.807) is 12.1 Å². The zero-order valence-electron chi connectivity index (χ0n) is 17.7. The third-order valence-electron chi connectivity index (χ3n) is 4.84. The quantitative estimate of drug-likeness (QED) is 0.472. The molecule has 3 aromatic rings. The van der Waals surface area contributed by atoms with E-state index in [0.717, 1.165) is 16.8 Å². The van der Waals surface area contributed by atoms with Crippen molar-refractivity contribution >= 4 is 23.2 Å². The molecule has 0 aliphatic rings. The lowest BCUT2D eigenvalue weighted by molar-refractivity contribution is 0.102. The van der Waals surface area contributed by atoms with E-state index in [1.165, 1.54) is 11.1 Å². The molecule has 0 aliphatic heterocycles. The largest absolute Gasteiger partial charge is 0.490 e. The van der Waals surface area contributed by atoms with Crippen LogP contribution in [0, 0.1) is 20.8 Å². The van der Waals surface area contributed by atoms with E-state index < -0.39 is 0 Å². The van der Waals surface area contributed by atoms with Crippen LogP contribution < -0.4 is 14.8 Å². The monoisotopic (exact) mass is 423 g/mol. The van der Waals surface area contributed by atoms with Crippen molar-refractivity contribution in [3.05, 3.63) is 87.4 Å². The molecule has 0 aromatic heterocycles. The van der Waals surface area contributed by atoms with E-state index in [4.69, 9.17) is 21.1 Å². The Morgan fingerprint density at radius 2 is 1.67 bits per heavy atom. The molecule has 0 saturated heterocycles. The fraction of sp³-hybridized carbons (Fsp3) is 0.240. The molecule has 3 rings (SSSR count). The second kappa shape index (κ2) is 9.68. The first-order valence-corrected chi connectivity index (χ1v) is 10.3. The van der Waals surface area contributed by atoms with Crippen LogP contribution in [-0.4, -0.2) is 12.5 Å². The molecule has 0 heterocycles. The summed E-state index contributed by atoms with van der Waals surface area (Å²) in [5, 5.41) is 3.24. The van der Waals surface area contributed by atoms with Crippen molar-refractivity contribution in [2.24, 2.45) is 0 Å². The van der Waals surface area contributed by atoms with Crippen molar-refractivity contribution < 1.29 is 14.3 Å². The smallest absolute Gasteiger partial charge is 0.255 e. The Morgan fingerprint density at radius 1 is 0.933 bits per heavy atom. The fourth-order valence-corrected chi connectivity index (χ4v) is 3.23. The lowest BCUT2D eigenvalue weighted by atomic mass is 10.1. The Balaban J connectivity index is 1.81. The van der Waals surface area contributed by atoms with Gasteiger partial charge in [-0.05, 0) is 68.7 Å². The molecule has 4 nitrogen and oxygen atoms in total. The summed E-state index contributed by atoms with van der Waals surface area (Å²) in [6.45, 7) is 8.74. The number of carbonyl (C=O) groups excluding carboxylic acids is 1. The maximum Gasteiger partial charge on any atom is 0.255 e. The van der Waals surface area contributed by atoms with Crippen LogP contribution >= 0.6 is 11.6 Å². The van der Waals surface area contributed by atoms with Crippen molar-refractivity contribution in [2.75, 3.05) is 11.9 Å². The predicted molar refractivity (Wildman–Crippen MR) is 122 cm³/mol. The van der Waals surface area contributed by atoms with Gasteiger partial charge in [-0.2, -0.15) is 0 Å². The third kappa shape index (κ3) is 5.33. The molecule has 0 unspecified atom stereocenters. The highest BCUT2D eigenvalue weighted by atomic mass is 35.5. The molecular formula is C25H26ClNO3. The molecular weight excluding hydrogens is 398 g/mol. The number of anilines is 1. The minimum absolute atomic E-state index is 0.258. The van der Waals surface area contributed by atoms with Gasteiger partial charge in [0.2, 0.25) is 0 Å². The van der Waals surface area contributed by atoms with E-state index in [1.807, 2.05) is 70.2 Å². The topological polar surface area (TPSA) is 47.6 Å². The molecule has 0 bridgehead atoms. The number of hydrogen-bond donors (Lipinski definition) is 1. The number of hydrogen-bond acceptors (Lipinski definition) is 3. The Hall–Kier alpha value is -2.98. The van der Waals surface area contributed by atoms with Crippen molar-refractivity contribution in [3.63, 3.8) is 0 Å². The van der Waals surface area contributed by atoms with Gasteiger partial charge in [0, 0.05) is 11.3 Å². The summed E-state index contributed by atoms with van der Waals surface area (Å²) in [7, 11) is 0. The first kappa shape index (κ1) is 21.7. The number of carbonyl (C=O) groups is 1. The van der Waals surface area contributed by atoms with Crippen LogP contribution in [0.15, 0.2) is 54.6 Å². The van der Waals surface area contributed by atoms with E-state index in [2.05, 4.69) is 5.32 Å². The Labute approximate surface area is 182 Å². The lowest BCUT2D eigenvalue weighted by Gasteiger charge is -2.16.